The van der Waals surface area contributed by atoms with Gasteiger partial charge in [0.15, 0.2) is 5.96 Å². The number of hydrogen-bond donors (Lipinski definition) is 2. The molecule has 0 atom stereocenters. The van der Waals surface area contributed by atoms with E-state index in [1.165, 1.54) is 50.1 Å². The molecule has 2 aliphatic rings. The fourth-order valence-corrected chi connectivity index (χ4v) is 4.61. The van der Waals surface area contributed by atoms with Crippen molar-refractivity contribution in [1.29, 1.82) is 0 Å². The van der Waals surface area contributed by atoms with Crippen LogP contribution in [0.2, 0.25) is 0 Å². The number of benzene rings is 1. The largest absolute Gasteiger partial charge is 0.357 e. The summed E-state index contributed by atoms with van der Waals surface area (Å²) in [4.78, 5) is 12.7. The molecule has 0 aromatic heterocycles. The summed E-state index contributed by atoms with van der Waals surface area (Å²) in [6.45, 7) is 19.8. The van der Waals surface area contributed by atoms with Gasteiger partial charge in [0.1, 0.15) is 0 Å². The Labute approximate surface area is 190 Å². The van der Waals surface area contributed by atoms with Crippen molar-refractivity contribution in [3.05, 3.63) is 35.4 Å². The number of piperidine rings is 1. The highest BCUT2D eigenvalue weighted by atomic mass is 15.3. The Morgan fingerprint density at radius 2 is 1.61 bits per heavy atom. The summed E-state index contributed by atoms with van der Waals surface area (Å²) in [5.41, 5.74) is 2.75. The first kappa shape index (κ1) is 24.0. The highest BCUT2D eigenvalue weighted by Gasteiger charge is 2.21. The van der Waals surface area contributed by atoms with Gasteiger partial charge in [-0.2, -0.15) is 0 Å². The van der Waals surface area contributed by atoms with Crippen LogP contribution in [0.25, 0.3) is 0 Å². The Morgan fingerprint density at radius 3 is 2.23 bits per heavy atom. The predicted molar refractivity (Wildman–Crippen MR) is 132 cm³/mol. The van der Waals surface area contributed by atoms with E-state index in [4.69, 9.17) is 4.99 Å². The van der Waals surface area contributed by atoms with Gasteiger partial charge >= 0.3 is 0 Å². The molecule has 174 valence electrons. The molecule has 0 unspecified atom stereocenters. The van der Waals surface area contributed by atoms with Crippen molar-refractivity contribution in [2.45, 2.75) is 65.7 Å². The van der Waals surface area contributed by atoms with E-state index in [1.807, 2.05) is 0 Å². The Morgan fingerprint density at radius 1 is 0.968 bits per heavy atom. The van der Waals surface area contributed by atoms with Gasteiger partial charge in [0.25, 0.3) is 0 Å². The van der Waals surface area contributed by atoms with Crippen LogP contribution in [0.15, 0.2) is 29.3 Å². The molecule has 1 aromatic rings. The normalized spacial score (nSPS) is 20.4. The Hall–Kier alpha value is -1.63. The molecule has 0 amide bonds. The van der Waals surface area contributed by atoms with Gasteiger partial charge in [-0.05, 0) is 51.3 Å². The molecule has 0 bridgehead atoms. The van der Waals surface area contributed by atoms with Crippen molar-refractivity contribution in [3.8, 4) is 0 Å². The zero-order valence-electron chi connectivity index (χ0n) is 20.2. The van der Waals surface area contributed by atoms with Crippen LogP contribution in [-0.4, -0.2) is 85.1 Å². The third-order valence-electron chi connectivity index (χ3n) is 6.78. The zero-order valence-corrected chi connectivity index (χ0v) is 20.2. The molecule has 0 saturated carbocycles. The standard InChI is InChI=1S/C25H44N6/c1-5-26-25(28-24-11-13-31(14-12-24)21(3)4)27-19-22-9-7-8-10-23(22)20-30-17-15-29(6-2)16-18-30/h7-10,21,24H,5-6,11-20H2,1-4H3,(H2,26,27,28). The fourth-order valence-electron chi connectivity index (χ4n) is 4.61. The van der Waals surface area contributed by atoms with E-state index >= 15 is 0 Å². The van der Waals surface area contributed by atoms with Gasteiger partial charge in [-0.25, -0.2) is 4.99 Å². The summed E-state index contributed by atoms with van der Waals surface area (Å²) in [6, 6.07) is 9.98. The molecule has 31 heavy (non-hydrogen) atoms. The van der Waals surface area contributed by atoms with Crippen LogP contribution in [0.5, 0.6) is 0 Å². The highest BCUT2D eigenvalue weighted by Crippen LogP contribution is 2.16. The summed E-state index contributed by atoms with van der Waals surface area (Å²) in [5, 5.41) is 7.15. The van der Waals surface area contributed by atoms with E-state index < -0.39 is 0 Å². The molecule has 6 heteroatoms. The number of nitrogens with one attached hydrogen (secondary N) is 2. The Kier molecular flexibility index (Phi) is 9.62. The number of rotatable bonds is 8. The Bertz CT molecular complexity index is 672. The van der Waals surface area contributed by atoms with E-state index in [2.05, 4.69) is 77.3 Å². The van der Waals surface area contributed by atoms with Crippen LogP contribution < -0.4 is 10.6 Å². The predicted octanol–water partition coefficient (Wildman–Crippen LogP) is 2.75. The second-order valence-corrected chi connectivity index (χ2v) is 9.22. The van der Waals surface area contributed by atoms with Crippen LogP contribution in [0.3, 0.4) is 0 Å². The van der Waals surface area contributed by atoms with Crippen LogP contribution >= 0.6 is 0 Å². The molecular weight excluding hydrogens is 384 g/mol. The van der Waals surface area contributed by atoms with Crippen molar-refractivity contribution in [2.75, 3.05) is 52.4 Å². The van der Waals surface area contributed by atoms with Gasteiger partial charge in [-0.15, -0.1) is 0 Å². The van der Waals surface area contributed by atoms with Gasteiger partial charge in [0, 0.05) is 64.4 Å². The Balaban J connectivity index is 1.57. The average molecular weight is 429 g/mol. The van der Waals surface area contributed by atoms with Crippen LogP contribution in [-0.2, 0) is 13.1 Å². The summed E-state index contributed by atoms with van der Waals surface area (Å²) in [6.07, 6.45) is 2.37. The molecule has 0 radical (unpaired) electrons. The lowest BCUT2D eigenvalue weighted by atomic mass is 10.0. The summed E-state index contributed by atoms with van der Waals surface area (Å²) in [7, 11) is 0. The molecular formula is C25H44N6. The number of nitrogens with zero attached hydrogens (tertiary/aromatic N) is 4. The van der Waals surface area contributed by atoms with Crippen molar-refractivity contribution < 1.29 is 0 Å². The molecule has 2 saturated heterocycles. The average Bonchev–Trinajstić information content (AvgIpc) is 2.79. The first-order valence-corrected chi connectivity index (χ1v) is 12.4. The quantitative estimate of drug-likeness (QED) is 0.492. The zero-order chi connectivity index (χ0) is 22.1. The number of likely N-dealkylation sites (tertiary alicyclic amines) is 1. The molecule has 0 aliphatic carbocycles. The van der Waals surface area contributed by atoms with E-state index in [1.54, 1.807) is 0 Å². The molecule has 2 heterocycles. The van der Waals surface area contributed by atoms with Gasteiger partial charge in [-0.1, -0.05) is 31.2 Å². The second-order valence-electron chi connectivity index (χ2n) is 9.22. The van der Waals surface area contributed by atoms with E-state index in [9.17, 15) is 0 Å². The van der Waals surface area contributed by atoms with Crippen molar-refractivity contribution in [1.82, 2.24) is 25.3 Å². The maximum Gasteiger partial charge on any atom is 0.191 e. The number of likely N-dealkylation sites (N-methyl/N-ethyl adjacent to an activating group) is 1. The topological polar surface area (TPSA) is 46.1 Å². The minimum absolute atomic E-state index is 0.512. The molecule has 3 rings (SSSR count). The lowest BCUT2D eigenvalue weighted by molar-refractivity contribution is 0.131. The van der Waals surface area contributed by atoms with E-state index in [-0.39, 0.29) is 0 Å². The van der Waals surface area contributed by atoms with Crippen LogP contribution in [0.4, 0.5) is 0 Å². The van der Waals surface area contributed by atoms with Gasteiger partial charge in [0.05, 0.1) is 6.54 Å². The smallest absolute Gasteiger partial charge is 0.191 e. The van der Waals surface area contributed by atoms with Crippen molar-refractivity contribution >= 4 is 5.96 Å². The van der Waals surface area contributed by atoms with E-state index in [0.29, 0.717) is 12.1 Å². The third-order valence-corrected chi connectivity index (χ3v) is 6.78. The third kappa shape index (κ3) is 7.48. The van der Waals surface area contributed by atoms with Gasteiger partial charge in [0.2, 0.25) is 0 Å². The molecule has 0 spiro atoms. The van der Waals surface area contributed by atoms with Gasteiger partial charge < -0.3 is 20.4 Å². The SMILES string of the molecule is CCNC(=NCc1ccccc1CN1CCN(CC)CC1)NC1CCN(C(C)C)CC1. The maximum absolute atomic E-state index is 4.97. The maximum atomic E-state index is 4.97. The van der Waals surface area contributed by atoms with Crippen LogP contribution in [0.1, 0.15) is 51.7 Å². The molecule has 6 nitrogen and oxygen atoms in total. The number of aliphatic imine (C=N–C) groups is 1. The summed E-state index contributed by atoms with van der Waals surface area (Å²) < 4.78 is 0. The van der Waals surface area contributed by atoms with Crippen molar-refractivity contribution in [2.24, 2.45) is 4.99 Å². The lowest BCUT2D eigenvalue weighted by Crippen LogP contribution is -2.49. The first-order chi connectivity index (χ1) is 15.1. The first-order valence-electron chi connectivity index (χ1n) is 12.4. The molecule has 2 fully saturated rings. The van der Waals surface area contributed by atoms with Crippen LogP contribution in [0, 0.1) is 0 Å². The second kappa shape index (κ2) is 12.4. The highest BCUT2D eigenvalue weighted by molar-refractivity contribution is 5.80. The summed E-state index contributed by atoms with van der Waals surface area (Å²) >= 11 is 0. The van der Waals surface area contributed by atoms with Crippen molar-refractivity contribution in [3.63, 3.8) is 0 Å². The monoisotopic (exact) mass is 428 g/mol. The summed E-state index contributed by atoms with van der Waals surface area (Å²) in [5.74, 6) is 0.955. The number of hydrogen-bond acceptors (Lipinski definition) is 4. The minimum atomic E-state index is 0.512. The molecule has 2 N–H and O–H groups in total. The van der Waals surface area contributed by atoms with E-state index in [0.717, 1.165) is 45.2 Å². The molecule has 2 aliphatic heterocycles. The van der Waals surface area contributed by atoms with Gasteiger partial charge in [-0.3, -0.25) is 4.90 Å². The lowest BCUT2D eigenvalue weighted by Gasteiger charge is -2.35. The number of guanidine groups is 1. The number of piperazine rings is 1. The molecule has 1 aromatic carbocycles. The minimum Gasteiger partial charge on any atom is -0.357 e. The fraction of sp³-hybridized carbons (Fsp3) is 0.720.